The summed E-state index contributed by atoms with van der Waals surface area (Å²) < 4.78 is 68.8. The summed E-state index contributed by atoms with van der Waals surface area (Å²) in [6, 6.07) is 3.53. The number of aromatic nitrogens is 2. The molecule has 0 saturated carbocycles. The van der Waals surface area contributed by atoms with E-state index in [0.717, 1.165) is 6.07 Å². The van der Waals surface area contributed by atoms with Crippen molar-refractivity contribution in [3.05, 3.63) is 65.6 Å². The first-order valence-corrected chi connectivity index (χ1v) is 7.83. The van der Waals surface area contributed by atoms with E-state index in [9.17, 15) is 26.7 Å². The molecule has 2 heterocycles. The van der Waals surface area contributed by atoms with E-state index in [1.807, 2.05) is 0 Å². The molecule has 27 heavy (non-hydrogen) atoms. The first kappa shape index (κ1) is 17.2. The Bertz CT molecular complexity index is 1110. The van der Waals surface area contributed by atoms with Gasteiger partial charge in [-0.05, 0) is 18.2 Å². The van der Waals surface area contributed by atoms with E-state index in [4.69, 9.17) is 0 Å². The number of rotatable bonds is 2. The lowest BCUT2D eigenvalue weighted by Gasteiger charge is -2.16. The van der Waals surface area contributed by atoms with Gasteiger partial charge in [0.05, 0.1) is 5.57 Å². The van der Waals surface area contributed by atoms with Crippen LogP contribution in [0.4, 0.5) is 33.5 Å². The summed E-state index contributed by atoms with van der Waals surface area (Å²) in [6.45, 7) is 0. The largest absolute Gasteiger partial charge is 0.417 e. The fraction of sp³-hybridized carbons (Fsp3) is 0.111. The molecule has 0 saturated heterocycles. The van der Waals surface area contributed by atoms with Gasteiger partial charge in [-0.3, -0.25) is 4.79 Å². The standard InChI is InChI=1S/C18H10F5N3O/c19-13-2-1-3-14(15(13)20)25-17-16-10-6-9(27)7-12(18(21,22)23)11(10)8-26(16)5-4-24-17/h1-5,7-8H,6H2,(H,24,25)/p+1. The third-order valence-corrected chi connectivity index (χ3v) is 4.30. The zero-order valence-corrected chi connectivity index (χ0v) is 13.5. The van der Waals surface area contributed by atoms with Gasteiger partial charge in [0.1, 0.15) is 11.7 Å². The number of benzene rings is 1. The fourth-order valence-corrected chi connectivity index (χ4v) is 3.17. The number of nitrogens with zero attached hydrogens (tertiary/aromatic N) is 1. The number of fused-ring (bicyclic) bond motifs is 3. The molecule has 4 nitrogen and oxygen atoms in total. The van der Waals surface area contributed by atoms with Gasteiger partial charge in [-0.2, -0.15) is 17.6 Å². The summed E-state index contributed by atoms with van der Waals surface area (Å²) in [5, 5.41) is 2.66. The molecule has 0 radical (unpaired) electrons. The van der Waals surface area contributed by atoms with Gasteiger partial charge in [0.15, 0.2) is 17.3 Å². The van der Waals surface area contributed by atoms with Crippen molar-refractivity contribution in [3.8, 4) is 0 Å². The van der Waals surface area contributed by atoms with Crippen LogP contribution in [0.5, 0.6) is 0 Å². The summed E-state index contributed by atoms with van der Waals surface area (Å²) in [6.07, 6.45) is -0.177. The van der Waals surface area contributed by atoms with Crippen LogP contribution in [0.25, 0.3) is 11.1 Å². The van der Waals surface area contributed by atoms with Gasteiger partial charge >= 0.3 is 12.0 Å². The molecule has 2 aromatic heterocycles. The zero-order chi connectivity index (χ0) is 19.3. The molecule has 0 fully saturated rings. The topological polar surface area (TPSA) is 47.7 Å². The third-order valence-electron chi connectivity index (χ3n) is 4.30. The van der Waals surface area contributed by atoms with E-state index < -0.39 is 29.2 Å². The maximum atomic E-state index is 14.0. The molecule has 0 spiro atoms. The van der Waals surface area contributed by atoms with E-state index in [1.54, 1.807) is 0 Å². The number of halogens is 5. The van der Waals surface area contributed by atoms with Crippen molar-refractivity contribution in [2.24, 2.45) is 0 Å². The molecular formula is C18H11F5N3O+. The molecule has 0 amide bonds. The predicted octanol–water partition coefficient (Wildman–Crippen LogP) is 3.85. The normalized spacial score (nSPS) is 14.3. The number of anilines is 2. The van der Waals surface area contributed by atoms with Crippen LogP contribution in [0.15, 0.2) is 42.9 Å². The van der Waals surface area contributed by atoms with E-state index in [2.05, 4.69) is 10.3 Å². The molecule has 2 N–H and O–H groups in total. The minimum absolute atomic E-state index is 0.121. The molecule has 0 aliphatic heterocycles. The lowest BCUT2D eigenvalue weighted by atomic mass is 9.92. The highest BCUT2D eigenvalue weighted by Crippen LogP contribution is 2.41. The highest BCUT2D eigenvalue weighted by atomic mass is 19.4. The third kappa shape index (κ3) is 2.84. The van der Waals surface area contributed by atoms with Crippen molar-refractivity contribution < 1.29 is 31.7 Å². The van der Waals surface area contributed by atoms with Crippen LogP contribution in [-0.2, 0) is 11.2 Å². The van der Waals surface area contributed by atoms with Crippen LogP contribution in [0.3, 0.4) is 0 Å². The number of aromatic amines is 1. The monoisotopic (exact) mass is 380 g/mol. The molecule has 138 valence electrons. The van der Waals surface area contributed by atoms with E-state index in [1.165, 1.54) is 35.1 Å². The first-order chi connectivity index (χ1) is 12.8. The van der Waals surface area contributed by atoms with Gasteiger partial charge in [0.2, 0.25) is 5.82 Å². The molecule has 1 aliphatic rings. The molecule has 4 rings (SSSR count). The Labute approximate surface area is 148 Å². The van der Waals surface area contributed by atoms with Gasteiger partial charge in [0, 0.05) is 29.9 Å². The smallest absolute Gasteiger partial charge is 0.312 e. The molecule has 9 heteroatoms. The van der Waals surface area contributed by atoms with Crippen LogP contribution in [0, 0.1) is 11.6 Å². The number of hydrogen-bond acceptors (Lipinski definition) is 2. The van der Waals surface area contributed by atoms with Crippen molar-refractivity contribution >= 4 is 28.4 Å². The predicted molar refractivity (Wildman–Crippen MR) is 86.3 cm³/mol. The molecule has 0 bridgehead atoms. The fourth-order valence-electron chi connectivity index (χ4n) is 3.17. The number of ketones is 1. The van der Waals surface area contributed by atoms with Gasteiger partial charge in [-0.15, -0.1) is 0 Å². The van der Waals surface area contributed by atoms with Gasteiger partial charge in [0.25, 0.3) is 0 Å². The summed E-state index contributed by atoms with van der Waals surface area (Å²) in [5.41, 5.74) is -0.932. The van der Waals surface area contributed by atoms with Crippen molar-refractivity contribution in [1.29, 1.82) is 0 Å². The number of carbonyl (C=O) groups excluding carboxylic acids is 1. The van der Waals surface area contributed by atoms with Crippen LogP contribution >= 0.6 is 0 Å². The van der Waals surface area contributed by atoms with Crippen LogP contribution in [-0.4, -0.2) is 16.4 Å². The Morgan fingerprint density at radius 3 is 2.70 bits per heavy atom. The average Bonchev–Trinajstić information content (AvgIpc) is 2.96. The van der Waals surface area contributed by atoms with Gasteiger partial charge in [-0.25, -0.2) is 14.7 Å². The highest BCUT2D eigenvalue weighted by molar-refractivity contribution is 6.05. The Balaban J connectivity index is 1.90. The second-order valence-corrected chi connectivity index (χ2v) is 6.04. The summed E-state index contributed by atoms with van der Waals surface area (Å²) in [5.74, 6) is -2.74. The molecule has 0 unspecified atom stereocenters. The minimum atomic E-state index is -4.69. The van der Waals surface area contributed by atoms with Gasteiger partial charge in [-0.1, -0.05) is 6.07 Å². The second kappa shape index (κ2) is 5.90. The van der Waals surface area contributed by atoms with E-state index in [0.29, 0.717) is 6.08 Å². The molecule has 1 aliphatic carbocycles. The lowest BCUT2D eigenvalue weighted by Crippen LogP contribution is -2.18. The highest BCUT2D eigenvalue weighted by Gasteiger charge is 2.40. The van der Waals surface area contributed by atoms with Crippen LogP contribution < -0.4 is 10.3 Å². The van der Waals surface area contributed by atoms with Crippen molar-refractivity contribution in [2.45, 2.75) is 12.6 Å². The Kier molecular flexibility index (Phi) is 3.76. The summed E-state index contributed by atoms with van der Waals surface area (Å²) in [4.78, 5) is 14.6. The molecule has 3 aromatic rings. The number of alkyl halides is 3. The molecule has 1 aromatic carbocycles. The zero-order valence-electron chi connectivity index (χ0n) is 13.5. The number of allylic oxidation sites excluding steroid dienone is 2. The summed E-state index contributed by atoms with van der Waals surface area (Å²) in [7, 11) is 0. The first-order valence-electron chi connectivity index (χ1n) is 7.83. The Hall–Kier alpha value is -3.23. The lowest BCUT2D eigenvalue weighted by molar-refractivity contribution is -0.360. The number of hydrogen-bond donors (Lipinski definition) is 1. The quantitative estimate of drug-likeness (QED) is 0.687. The maximum Gasteiger partial charge on any atom is 0.417 e. The summed E-state index contributed by atoms with van der Waals surface area (Å²) >= 11 is 0. The van der Waals surface area contributed by atoms with Crippen molar-refractivity contribution in [1.82, 2.24) is 4.40 Å². The second-order valence-electron chi connectivity index (χ2n) is 6.04. The minimum Gasteiger partial charge on any atom is -0.312 e. The number of nitrogens with one attached hydrogen (secondary N) is 2. The Morgan fingerprint density at radius 2 is 1.96 bits per heavy atom. The molecule has 0 atom stereocenters. The van der Waals surface area contributed by atoms with Gasteiger partial charge < -0.3 is 4.40 Å². The number of carbonyl (C=O) groups is 1. The Morgan fingerprint density at radius 1 is 1.19 bits per heavy atom. The van der Waals surface area contributed by atoms with E-state index in [-0.39, 0.29) is 34.6 Å². The average molecular weight is 380 g/mol. The SMILES string of the molecule is O=C1C=C(C(F)(F)F)c2cn3cc[nH+]c(Nc4cccc(F)c4F)c3c2C1. The van der Waals surface area contributed by atoms with Crippen LogP contribution in [0.1, 0.15) is 11.1 Å². The number of H-pyrrole nitrogens is 1. The molecular weight excluding hydrogens is 369 g/mol. The van der Waals surface area contributed by atoms with Crippen molar-refractivity contribution in [2.75, 3.05) is 5.32 Å². The van der Waals surface area contributed by atoms with Crippen molar-refractivity contribution in [3.63, 3.8) is 0 Å². The van der Waals surface area contributed by atoms with E-state index >= 15 is 0 Å². The maximum absolute atomic E-state index is 14.0. The van der Waals surface area contributed by atoms with Crippen LogP contribution in [0.2, 0.25) is 0 Å².